The number of amides is 1. The number of halogens is 1. The number of sulfonamides is 1. The number of hydrogen-bond acceptors (Lipinski definition) is 4. The molecule has 0 aliphatic heterocycles. The summed E-state index contributed by atoms with van der Waals surface area (Å²) < 4.78 is 38.6. The first-order valence-electron chi connectivity index (χ1n) is 8.11. The smallest absolute Gasteiger partial charge is 0.253 e. The fourth-order valence-corrected chi connectivity index (χ4v) is 3.05. The molecule has 2 aromatic carbocycles. The van der Waals surface area contributed by atoms with E-state index in [2.05, 4.69) is 4.72 Å². The van der Waals surface area contributed by atoms with E-state index in [-0.39, 0.29) is 23.7 Å². The summed E-state index contributed by atoms with van der Waals surface area (Å²) >= 11 is 0. The quantitative estimate of drug-likeness (QED) is 0.732. The van der Waals surface area contributed by atoms with Gasteiger partial charge in [-0.05, 0) is 30.2 Å². The normalized spacial score (nSPS) is 11.2. The molecular formula is C18H22FN3O3S. The zero-order valence-corrected chi connectivity index (χ0v) is 15.3. The van der Waals surface area contributed by atoms with Crippen LogP contribution >= 0.6 is 0 Å². The Morgan fingerprint density at radius 1 is 1.15 bits per heavy atom. The monoisotopic (exact) mass is 379 g/mol. The molecule has 0 heterocycles. The molecular weight excluding hydrogens is 357 g/mol. The fourth-order valence-electron chi connectivity index (χ4n) is 2.50. The van der Waals surface area contributed by atoms with Crippen molar-refractivity contribution in [2.24, 2.45) is 5.73 Å². The average Bonchev–Trinajstić information content (AvgIpc) is 2.59. The number of nitrogens with one attached hydrogen (secondary N) is 1. The van der Waals surface area contributed by atoms with Gasteiger partial charge in [0.2, 0.25) is 10.0 Å². The summed E-state index contributed by atoms with van der Waals surface area (Å²) in [4.78, 5) is 14.3. The SMILES string of the molecule is CS(=O)(=O)Nc1cc(C(=O)N(CCN)CCc2ccccc2)ccc1F. The highest BCUT2D eigenvalue weighted by Gasteiger charge is 2.18. The van der Waals surface area contributed by atoms with Gasteiger partial charge in [0.15, 0.2) is 0 Å². The third-order valence-corrected chi connectivity index (χ3v) is 4.30. The van der Waals surface area contributed by atoms with Crippen molar-refractivity contribution in [3.63, 3.8) is 0 Å². The van der Waals surface area contributed by atoms with Crippen LogP contribution in [0.4, 0.5) is 10.1 Å². The highest BCUT2D eigenvalue weighted by atomic mass is 32.2. The third-order valence-electron chi connectivity index (χ3n) is 3.71. The van der Waals surface area contributed by atoms with E-state index in [1.165, 1.54) is 12.1 Å². The van der Waals surface area contributed by atoms with Crippen LogP contribution in [-0.4, -0.2) is 45.1 Å². The second-order valence-corrected chi connectivity index (χ2v) is 7.63. The summed E-state index contributed by atoms with van der Waals surface area (Å²) in [7, 11) is -3.65. The fraction of sp³-hybridized carbons (Fsp3) is 0.278. The van der Waals surface area contributed by atoms with Gasteiger partial charge in [-0.25, -0.2) is 12.8 Å². The molecule has 8 heteroatoms. The lowest BCUT2D eigenvalue weighted by molar-refractivity contribution is 0.0762. The summed E-state index contributed by atoms with van der Waals surface area (Å²) in [5, 5.41) is 0. The minimum absolute atomic E-state index is 0.194. The van der Waals surface area contributed by atoms with Gasteiger partial charge < -0.3 is 10.6 Å². The predicted molar refractivity (Wildman–Crippen MR) is 100.0 cm³/mol. The van der Waals surface area contributed by atoms with Gasteiger partial charge in [0.1, 0.15) is 5.82 Å². The van der Waals surface area contributed by atoms with Gasteiger partial charge in [-0.1, -0.05) is 30.3 Å². The highest BCUT2D eigenvalue weighted by molar-refractivity contribution is 7.92. The number of nitrogens with zero attached hydrogens (tertiary/aromatic N) is 1. The molecule has 3 N–H and O–H groups in total. The number of carbonyl (C=O) groups is 1. The molecule has 26 heavy (non-hydrogen) atoms. The summed E-state index contributed by atoms with van der Waals surface area (Å²) in [6.07, 6.45) is 1.57. The van der Waals surface area contributed by atoms with Crippen molar-refractivity contribution in [2.45, 2.75) is 6.42 Å². The molecule has 0 unspecified atom stereocenters. The molecule has 0 aliphatic rings. The molecule has 0 spiro atoms. The first-order valence-corrected chi connectivity index (χ1v) is 10.00. The number of benzene rings is 2. The van der Waals surface area contributed by atoms with Gasteiger partial charge in [-0.2, -0.15) is 0 Å². The van der Waals surface area contributed by atoms with Crippen molar-refractivity contribution in [2.75, 3.05) is 30.6 Å². The molecule has 1 amide bonds. The summed E-state index contributed by atoms with van der Waals surface area (Å²) in [6, 6.07) is 13.3. The average molecular weight is 379 g/mol. The molecule has 140 valence electrons. The van der Waals surface area contributed by atoms with E-state index in [9.17, 15) is 17.6 Å². The summed E-state index contributed by atoms with van der Waals surface area (Å²) in [5.41, 5.74) is 6.63. The van der Waals surface area contributed by atoms with Crippen LogP contribution in [0.5, 0.6) is 0 Å². The molecule has 2 rings (SSSR count). The standard InChI is InChI=1S/C18H22FN3O3S/c1-26(24,25)21-17-13-15(7-8-16(17)19)18(23)22(12-10-20)11-9-14-5-3-2-4-6-14/h2-8,13,21H,9-12,20H2,1H3. The van der Waals surface area contributed by atoms with Gasteiger partial charge in [0, 0.05) is 25.2 Å². The van der Waals surface area contributed by atoms with Gasteiger partial charge in [0.05, 0.1) is 11.9 Å². The minimum atomic E-state index is -3.65. The van der Waals surface area contributed by atoms with E-state index >= 15 is 0 Å². The molecule has 0 aromatic heterocycles. The molecule has 0 aliphatic carbocycles. The van der Waals surface area contributed by atoms with Crippen LogP contribution < -0.4 is 10.5 Å². The van der Waals surface area contributed by atoms with Gasteiger partial charge in [-0.15, -0.1) is 0 Å². The Bertz CT molecular complexity index is 857. The van der Waals surface area contributed by atoms with Crippen molar-refractivity contribution in [3.05, 3.63) is 65.5 Å². The van der Waals surface area contributed by atoms with Crippen molar-refractivity contribution in [3.8, 4) is 0 Å². The molecule has 6 nitrogen and oxygen atoms in total. The van der Waals surface area contributed by atoms with Crippen LogP contribution in [0.2, 0.25) is 0 Å². The van der Waals surface area contributed by atoms with Gasteiger partial charge in [-0.3, -0.25) is 9.52 Å². The topological polar surface area (TPSA) is 92.5 Å². The maximum atomic E-state index is 13.8. The third kappa shape index (κ3) is 5.82. The number of carbonyl (C=O) groups excluding carboxylic acids is 1. The molecule has 0 saturated carbocycles. The summed E-state index contributed by atoms with van der Waals surface area (Å²) in [6.45, 7) is 1.08. The van der Waals surface area contributed by atoms with Crippen molar-refractivity contribution in [1.82, 2.24) is 4.90 Å². The van der Waals surface area contributed by atoms with E-state index in [0.29, 0.717) is 19.5 Å². The predicted octanol–water partition coefficient (Wildman–Crippen LogP) is 1.84. The van der Waals surface area contributed by atoms with Crippen LogP contribution in [-0.2, 0) is 16.4 Å². The van der Waals surface area contributed by atoms with Gasteiger partial charge >= 0.3 is 0 Å². The van der Waals surface area contributed by atoms with Crippen LogP contribution in [0.3, 0.4) is 0 Å². The van der Waals surface area contributed by atoms with Crippen molar-refractivity contribution in [1.29, 1.82) is 0 Å². The zero-order chi connectivity index (χ0) is 19.2. The van der Waals surface area contributed by atoms with E-state index in [1.54, 1.807) is 4.90 Å². The lowest BCUT2D eigenvalue weighted by Gasteiger charge is -2.22. The highest BCUT2D eigenvalue weighted by Crippen LogP contribution is 2.19. The molecule has 0 saturated heterocycles. The first kappa shape index (κ1) is 19.9. The zero-order valence-electron chi connectivity index (χ0n) is 14.5. The second-order valence-electron chi connectivity index (χ2n) is 5.89. The van der Waals surface area contributed by atoms with Gasteiger partial charge in [0.25, 0.3) is 5.91 Å². The summed E-state index contributed by atoms with van der Waals surface area (Å²) in [5.74, 6) is -1.08. The van der Waals surface area contributed by atoms with Crippen LogP contribution in [0.25, 0.3) is 0 Å². The Balaban J connectivity index is 2.18. The number of hydrogen-bond donors (Lipinski definition) is 2. The minimum Gasteiger partial charge on any atom is -0.337 e. The Labute approximate surface area is 152 Å². The van der Waals surface area contributed by atoms with E-state index < -0.39 is 15.8 Å². The van der Waals surface area contributed by atoms with Crippen LogP contribution in [0, 0.1) is 5.82 Å². The Hall–Kier alpha value is -2.45. The number of anilines is 1. The van der Waals surface area contributed by atoms with E-state index in [0.717, 1.165) is 17.9 Å². The molecule has 0 bridgehead atoms. The second kappa shape index (κ2) is 8.77. The number of nitrogens with two attached hydrogens (primary N) is 1. The Morgan fingerprint density at radius 3 is 2.46 bits per heavy atom. The van der Waals surface area contributed by atoms with Crippen LogP contribution in [0.1, 0.15) is 15.9 Å². The maximum Gasteiger partial charge on any atom is 0.253 e. The molecule has 0 fully saturated rings. The lowest BCUT2D eigenvalue weighted by atomic mass is 10.1. The Morgan fingerprint density at radius 2 is 1.85 bits per heavy atom. The first-order chi connectivity index (χ1) is 12.3. The molecule has 0 atom stereocenters. The van der Waals surface area contributed by atoms with E-state index in [1.807, 2.05) is 30.3 Å². The van der Waals surface area contributed by atoms with Crippen molar-refractivity contribution < 1.29 is 17.6 Å². The number of rotatable bonds is 8. The molecule has 0 radical (unpaired) electrons. The largest absolute Gasteiger partial charge is 0.337 e. The van der Waals surface area contributed by atoms with E-state index in [4.69, 9.17) is 5.73 Å². The maximum absolute atomic E-state index is 13.8. The molecule has 2 aromatic rings. The lowest BCUT2D eigenvalue weighted by Crippen LogP contribution is -2.37. The Kier molecular flexibility index (Phi) is 6.70. The van der Waals surface area contributed by atoms with Crippen LogP contribution in [0.15, 0.2) is 48.5 Å². The van der Waals surface area contributed by atoms with Crippen molar-refractivity contribution >= 4 is 21.6 Å².